The first kappa shape index (κ1) is 22.3. The molecule has 0 bridgehead atoms. The van der Waals surface area contributed by atoms with Gasteiger partial charge in [0.05, 0.1) is 12.1 Å². The lowest BCUT2D eigenvalue weighted by Gasteiger charge is -2.25. The molecule has 0 spiro atoms. The quantitative estimate of drug-likeness (QED) is 0.773. The SMILES string of the molecule is CC(NC(=O)C(C)N1C[C@@H](CN)[C@H](c2ccccc2)C1)c1ccc(F)cc1.Cl. The molecule has 28 heavy (non-hydrogen) atoms. The highest BCUT2D eigenvalue weighted by molar-refractivity contribution is 5.85. The van der Waals surface area contributed by atoms with Gasteiger partial charge in [-0.25, -0.2) is 4.39 Å². The molecule has 3 N–H and O–H groups in total. The Bertz CT molecular complexity index is 756. The lowest BCUT2D eigenvalue weighted by Crippen LogP contribution is -2.45. The zero-order valence-corrected chi connectivity index (χ0v) is 17.2. The third kappa shape index (κ3) is 5.10. The molecule has 0 radical (unpaired) electrons. The van der Waals surface area contributed by atoms with Crippen molar-refractivity contribution < 1.29 is 9.18 Å². The minimum absolute atomic E-state index is 0. The van der Waals surface area contributed by atoms with Crippen molar-refractivity contribution in [1.29, 1.82) is 0 Å². The van der Waals surface area contributed by atoms with Crippen molar-refractivity contribution in [3.8, 4) is 0 Å². The molecule has 1 aliphatic rings. The maximum atomic E-state index is 13.1. The van der Waals surface area contributed by atoms with Gasteiger partial charge in [0.15, 0.2) is 0 Å². The number of hydrogen-bond acceptors (Lipinski definition) is 3. The molecular formula is C22H29ClFN3O. The number of nitrogens with zero attached hydrogens (tertiary/aromatic N) is 1. The Morgan fingerprint density at radius 1 is 1.14 bits per heavy atom. The maximum absolute atomic E-state index is 13.1. The number of nitrogens with two attached hydrogens (primary N) is 1. The Labute approximate surface area is 172 Å². The van der Waals surface area contributed by atoms with E-state index < -0.39 is 0 Å². The first-order chi connectivity index (χ1) is 13.0. The molecule has 3 rings (SSSR count). The number of nitrogens with one attached hydrogen (secondary N) is 1. The average molecular weight is 406 g/mol. The van der Waals surface area contributed by atoms with Crippen LogP contribution in [0.25, 0.3) is 0 Å². The summed E-state index contributed by atoms with van der Waals surface area (Å²) in [6.45, 7) is 6.10. The highest BCUT2D eigenvalue weighted by atomic mass is 35.5. The topological polar surface area (TPSA) is 58.4 Å². The molecule has 2 unspecified atom stereocenters. The number of halogens is 2. The fraction of sp³-hybridized carbons (Fsp3) is 0.409. The summed E-state index contributed by atoms with van der Waals surface area (Å²) in [4.78, 5) is 15.0. The van der Waals surface area contributed by atoms with Gasteiger partial charge in [-0.3, -0.25) is 9.69 Å². The van der Waals surface area contributed by atoms with E-state index >= 15 is 0 Å². The summed E-state index contributed by atoms with van der Waals surface area (Å²) in [5.74, 6) is 0.400. The number of amides is 1. The van der Waals surface area contributed by atoms with Gasteiger partial charge in [0.1, 0.15) is 5.82 Å². The first-order valence-electron chi connectivity index (χ1n) is 9.54. The Morgan fingerprint density at radius 2 is 1.79 bits per heavy atom. The standard InChI is InChI=1S/C22H28FN3O.ClH/c1-15(17-8-10-20(23)11-9-17)25-22(27)16(2)26-13-19(12-24)21(14-26)18-6-4-3-5-7-18;/h3-11,15-16,19,21H,12-14,24H2,1-2H3,(H,25,27);1H/t15?,16?,19-,21+;/m1./s1. The van der Waals surface area contributed by atoms with Crippen LogP contribution in [0.5, 0.6) is 0 Å². The Kier molecular flexibility index (Phi) is 7.98. The van der Waals surface area contributed by atoms with Gasteiger partial charge >= 0.3 is 0 Å². The van der Waals surface area contributed by atoms with E-state index in [0.29, 0.717) is 18.4 Å². The normalized spacial score (nSPS) is 21.6. The zero-order valence-electron chi connectivity index (χ0n) is 16.3. The molecule has 1 fully saturated rings. The molecule has 1 heterocycles. The molecule has 0 saturated carbocycles. The van der Waals surface area contributed by atoms with Crippen molar-refractivity contribution >= 4 is 18.3 Å². The fourth-order valence-corrected chi connectivity index (χ4v) is 3.87. The number of carbonyl (C=O) groups excluding carboxylic acids is 1. The van der Waals surface area contributed by atoms with E-state index in [1.165, 1.54) is 17.7 Å². The van der Waals surface area contributed by atoms with Gasteiger partial charge in [-0.1, -0.05) is 42.5 Å². The van der Waals surface area contributed by atoms with Crippen molar-refractivity contribution in [2.75, 3.05) is 19.6 Å². The number of rotatable bonds is 6. The highest BCUT2D eigenvalue weighted by Crippen LogP contribution is 2.33. The first-order valence-corrected chi connectivity index (χ1v) is 9.54. The lowest BCUT2D eigenvalue weighted by molar-refractivity contribution is -0.126. The van der Waals surface area contributed by atoms with Crippen LogP contribution in [0.2, 0.25) is 0 Å². The summed E-state index contributed by atoms with van der Waals surface area (Å²) in [6.07, 6.45) is 0. The third-order valence-electron chi connectivity index (χ3n) is 5.66. The van der Waals surface area contributed by atoms with Crippen LogP contribution in [0.15, 0.2) is 54.6 Å². The van der Waals surface area contributed by atoms with Crippen LogP contribution in [-0.4, -0.2) is 36.5 Å². The van der Waals surface area contributed by atoms with E-state index in [0.717, 1.165) is 18.7 Å². The Balaban J connectivity index is 0.00000280. The van der Waals surface area contributed by atoms with Crippen LogP contribution < -0.4 is 11.1 Å². The number of hydrogen-bond donors (Lipinski definition) is 2. The predicted octanol–water partition coefficient (Wildman–Crippen LogP) is 3.49. The van der Waals surface area contributed by atoms with Crippen LogP contribution in [0.3, 0.4) is 0 Å². The smallest absolute Gasteiger partial charge is 0.237 e. The van der Waals surface area contributed by atoms with E-state index in [-0.39, 0.29) is 36.2 Å². The third-order valence-corrected chi connectivity index (χ3v) is 5.66. The molecule has 0 aromatic heterocycles. The van der Waals surface area contributed by atoms with Gasteiger partial charge in [-0.15, -0.1) is 12.4 Å². The minimum Gasteiger partial charge on any atom is -0.348 e. The fourth-order valence-electron chi connectivity index (χ4n) is 3.87. The summed E-state index contributed by atoms with van der Waals surface area (Å²) >= 11 is 0. The molecule has 2 aromatic carbocycles. The summed E-state index contributed by atoms with van der Waals surface area (Å²) in [6, 6.07) is 16.2. The van der Waals surface area contributed by atoms with Crippen LogP contribution in [0, 0.1) is 11.7 Å². The van der Waals surface area contributed by atoms with E-state index in [9.17, 15) is 9.18 Å². The van der Waals surface area contributed by atoms with Gasteiger partial charge in [-0.05, 0) is 49.6 Å². The molecular weight excluding hydrogens is 377 g/mol. The van der Waals surface area contributed by atoms with Gasteiger partial charge < -0.3 is 11.1 Å². The van der Waals surface area contributed by atoms with Crippen molar-refractivity contribution in [1.82, 2.24) is 10.2 Å². The van der Waals surface area contributed by atoms with E-state index in [4.69, 9.17) is 5.73 Å². The van der Waals surface area contributed by atoms with Crippen LogP contribution in [0.4, 0.5) is 4.39 Å². The van der Waals surface area contributed by atoms with Gasteiger partial charge in [0.25, 0.3) is 0 Å². The summed E-state index contributed by atoms with van der Waals surface area (Å²) in [7, 11) is 0. The van der Waals surface area contributed by atoms with Crippen molar-refractivity contribution in [3.63, 3.8) is 0 Å². The molecule has 2 aromatic rings. The second-order valence-electron chi connectivity index (χ2n) is 7.42. The van der Waals surface area contributed by atoms with Gasteiger partial charge in [0, 0.05) is 19.0 Å². The Hall–Kier alpha value is -1.95. The molecule has 4 nitrogen and oxygen atoms in total. The summed E-state index contributed by atoms with van der Waals surface area (Å²) in [5.41, 5.74) is 8.18. The van der Waals surface area contributed by atoms with E-state index in [1.807, 2.05) is 32.0 Å². The second-order valence-corrected chi connectivity index (χ2v) is 7.42. The maximum Gasteiger partial charge on any atom is 0.237 e. The molecule has 4 atom stereocenters. The minimum atomic E-state index is -0.275. The number of benzene rings is 2. The zero-order chi connectivity index (χ0) is 19.4. The second kappa shape index (κ2) is 10.0. The summed E-state index contributed by atoms with van der Waals surface area (Å²) < 4.78 is 13.1. The average Bonchev–Trinajstić information content (AvgIpc) is 3.13. The van der Waals surface area contributed by atoms with Crippen molar-refractivity contribution in [3.05, 3.63) is 71.5 Å². The van der Waals surface area contributed by atoms with Crippen molar-refractivity contribution in [2.45, 2.75) is 31.8 Å². The monoisotopic (exact) mass is 405 g/mol. The number of carbonyl (C=O) groups is 1. The van der Waals surface area contributed by atoms with Crippen LogP contribution in [-0.2, 0) is 4.79 Å². The van der Waals surface area contributed by atoms with Crippen LogP contribution in [0.1, 0.15) is 36.9 Å². The largest absolute Gasteiger partial charge is 0.348 e. The molecule has 1 saturated heterocycles. The molecule has 1 amide bonds. The molecule has 0 aliphatic carbocycles. The summed E-state index contributed by atoms with van der Waals surface area (Å²) in [5, 5.41) is 3.05. The molecule has 6 heteroatoms. The highest BCUT2D eigenvalue weighted by Gasteiger charge is 2.37. The van der Waals surface area contributed by atoms with Crippen molar-refractivity contribution in [2.24, 2.45) is 11.7 Å². The van der Waals surface area contributed by atoms with E-state index in [2.05, 4.69) is 22.3 Å². The van der Waals surface area contributed by atoms with Gasteiger partial charge in [0.2, 0.25) is 5.91 Å². The predicted molar refractivity (Wildman–Crippen MR) is 113 cm³/mol. The van der Waals surface area contributed by atoms with E-state index in [1.54, 1.807) is 12.1 Å². The number of likely N-dealkylation sites (tertiary alicyclic amines) is 1. The van der Waals surface area contributed by atoms with Gasteiger partial charge in [-0.2, -0.15) is 0 Å². The van der Waals surface area contributed by atoms with Crippen LogP contribution >= 0.6 is 12.4 Å². The molecule has 152 valence electrons. The Morgan fingerprint density at radius 3 is 2.39 bits per heavy atom. The molecule has 1 aliphatic heterocycles. The lowest BCUT2D eigenvalue weighted by atomic mass is 9.89.